The van der Waals surface area contributed by atoms with E-state index in [0.29, 0.717) is 5.69 Å². The number of anilines is 1. The van der Waals surface area contributed by atoms with Gasteiger partial charge in [-0.15, -0.1) is 11.3 Å². The van der Waals surface area contributed by atoms with Gasteiger partial charge in [0, 0.05) is 22.6 Å². The lowest BCUT2D eigenvalue weighted by Gasteiger charge is -2.06. The molecule has 0 fully saturated rings. The number of nitrogens with zero attached hydrogens (tertiary/aromatic N) is 3. The Bertz CT molecular complexity index is 1090. The quantitative estimate of drug-likeness (QED) is 0.498. The van der Waals surface area contributed by atoms with Crippen LogP contribution in [0.4, 0.5) is 16.5 Å². The molecule has 0 radical (unpaired) electrons. The van der Waals surface area contributed by atoms with Crippen LogP contribution in [0.2, 0.25) is 0 Å². The molecule has 9 nitrogen and oxygen atoms in total. The zero-order valence-corrected chi connectivity index (χ0v) is 15.6. The van der Waals surface area contributed by atoms with Gasteiger partial charge < -0.3 is 0 Å². The third-order valence-electron chi connectivity index (χ3n) is 4.09. The van der Waals surface area contributed by atoms with Crippen LogP contribution in [-0.2, 0) is 0 Å². The van der Waals surface area contributed by atoms with E-state index in [1.807, 2.05) is 31.2 Å². The van der Waals surface area contributed by atoms with Crippen LogP contribution in [0.3, 0.4) is 0 Å². The van der Waals surface area contributed by atoms with Gasteiger partial charge in [0.2, 0.25) is 0 Å². The first-order chi connectivity index (χ1) is 13.3. The van der Waals surface area contributed by atoms with Gasteiger partial charge in [-0.3, -0.25) is 30.3 Å². The molecule has 3 aromatic rings. The van der Waals surface area contributed by atoms with Gasteiger partial charge in [-0.25, -0.2) is 4.98 Å². The highest BCUT2D eigenvalue weighted by Gasteiger charge is 2.25. The molecule has 3 rings (SSSR count). The topological polar surface area (TPSA) is 128 Å². The maximum absolute atomic E-state index is 12.6. The van der Waals surface area contributed by atoms with Crippen molar-refractivity contribution in [1.29, 1.82) is 0 Å². The minimum absolute atomic E-state index is 0.0448. The Morgan fingerprint density at radius 2 is 1.75 bits per heavy atom. The maximum atomic E-state index is 12.6. The normalized spacial score (nSPS) is 10.5. The van der Waals surface area contributed by atoms with Crippen molar-refractivity contribution in [1.82, 2.24) is 4.98 Å². The number of amides is 1. The van der Waals surface area contributed by atoms with E-state index < -0.39 is 27.1 Å². The van der Waals surface area contributed by atoms with E-state index in [-0.39, 0.29) is 16.3 Å². The lowest BCUT2D eigenvalue weighted by molar-refractivity contribution is -0.394. The number of nitrogens with one attached hydrogen (secondary N) is 1. The second-order valence-corrected chi connectivity index (χ2v) is 6.87. The molecular formula is C18H14N4O5S. The van der Waals surface area contributed by atoms with E-state index in [2.05, 4.69) is 10.3 Å². The molecule has 10 heteroatoms. The van der Waals surface area contributed by atoms with Gasteiger partial charge in [0.15, 0.2) is 5.13 Å². The highest BCUT2D eigenvalue weighted by Crippen LogP contribution is 2.30. The SMILES string of the molecule is Cc1ccc(-c2csc(NC(=O)c3cc([N+](=O)[O-])cc([N+](=O)[O-])c3C)n2)cc1. The number of nitro benzene ring substituents is 2. The Labute approximate surface area is 163 Å². The summed E-state index contributed by atoms with van der Waals surface area (Å²) in [5.41, 5.74) is 1.54. The van der Waals surface area contributed by atoms with Crippen molar-refractivity contribution < 1.29 is 14.6 Å². The molecule has 28 heavy (non-hydrogen) atoms. The molecule has 2 aromatic carbocycles. The van der Waals surface area contributed by atoms with Gasteiger partial charge >= 0.3 is 0 Å². The summed E-state index contributed by atoms with van der Waals surface area (Å²) in [7, 11) is 0. The van der Waals surface area contributed by atoms with Gasteiger partial charge in [0.05, 0.1) is 27.2 Å². The van der Waals surface area contributed by atoms with Crippen molar-refractivity contribution in [3.8, 4) is 11.3 Å². The van der Waals surface area contributed by atoms with E-state index in [4.69, 9.17) is 0 Å². The van der Waals surface area contributed by atoms with Gasteiger partial charge in [-0.05, 0) is 13.8 Å². The molecule has 0 saturated carbocycles. The summed E-state index contributed by atoms with van der Waals surface area (Å²) in [6, 6.07) is 9.56. The lowest BCUT2D eigenvalue weighted by Crippen LogP contribution is -2.14. The summed E-state index contributed by atoms with van der Waals surface area (Å²) in [5.74, 6) is -0.700. The van der Waals surface area contributed by atoms with Crippen molar-refractivity contribution >= 4 is 33.8 Å². The molecule has 0 unspecified atom stereocenters. The third kappa shape index (κ3) is 3.86. The van der Waals surface area contributed by atoms with Crippen LogP contribution in [0.1, 0.15) is 21.5 Å². The van der Waals surface area contributed by atoms with Gasteiger partial charge in [0.1, 0.15) is 0 Å². The molecule has 0 atom stereocenters. The number of hydrogen-bond donors (Lipinski definition) is 1. The summed E-state index contributed by atoms with van der Waals surface area (Å²) in [4.78, 5) is 37.6. The first-order valence-electron chi connectivity index (χ1n) is 8.03. The number of nitro groups is 2. The third-order valence-corrected chi connectivity index (χ3v) is 4.85. The Hall–Kier alpha value is -3.66. The number of carbonyl (C=O) groups is 1. The standard InChI is InChI=1S/C18H14N4O5S/c1-10-3-5-12(6-4-10)15-9-28-18(19-15)20-17(23)14-7-13(21(24)25)8-16(11(14)2)22(26)27/h3-9H,1-2H3,(H,19,20,23). The number of benzene rings is 2. The number of non-ortho nitro benzene ring substituents is 1. The van der Waals surface area contributed by atoms with Crippen LogP contribution in [0, 0.1) is 34.1 Å². The number of carbonyl (C=O) groups excluding carboxylic acids is 1. The molecule has 0 aliphatic rings. The molecule has 0 spiro atoms. The molecule has 0 aliphatic heterocycles. The molecule has 1 aromatic heterocycles. The molecule has 1 heterocycles. The number of aryl methyl sites for hydroxylation is 1. The summed E-state index contributed by atoms with van der Waals surface area (Å²) >= 11 is 1.19. The molecule has 1 N–H and O–H groups in total. The average Bonchev–Trinajstić information content (AvgIpc) is 3.10. The van der Waals surface area contributed by atoms with Crippen LogP contribution < -0.4 is 5.32 Å². The first-order valence-corrected chi connectivity index (χ1v) is 8.91. The highest BCUT2D eigenvalue weighted by atomic mass is 32.1. The lowest BCUT2D eigenvalue weighted by atomic mass is 10.0. The fourth-order valence-electron chi connectivity index (χ4n) is 2.57. The number of thiazole rings is 1. The van der Waals surface area contributed by atoms with E-state index in [9.17, 15) is 25.0 Å². The number of hydrogen-bond acceptors (Lipinski definition) is 7. The highest BCUT2D eigenvalue weighted by molar-refractivity contribution is 7.14. The summed E-state index contributed by atoms with van der Waals surface area (Å²) in [6.07, 6.45) is 0. The maximum Gasteiger partial charge on any atom is 0.279 e. The average molecular weight is 398 g/mol. The summed E-state index contributed by atoms with van der Waals surface area (Å²) in [6.45, 7) is 3.34. The largest absolute Gasteiger partial charge is 0.298 e. The predicted molar refractivity (Wildman–Crippen MR) is 105 cm³/mol. The minimum Gasteiger partial charge on any atom is -0.298 e. The Kier molecular flexibility index (Phi) is 5.14. The van der Waals surface area contributed by atoms with Crippen molar-refractivity contribution in [2.45, 2.75) is 13.8 Å². The molecule has 0 aliphatic carbocycles. The Balaban J connectivity index is 1.90. The van der Waals surface area contributed by atoms with Crippen molar-refractivity contribution in [2.75, 3.05) is 5.32 Å². The minimum atomic E-state index is -0.776. The van der Waals surface area contributed by atoms with E-state index in [1.54, 1.807) is 5.38 Å². The molecule has 1 amide bonds. The monoisotopic (exact) mass is 398 g/mol. The molecular weight excluding hydrogens is 384 g/mol. The zero-order valence-electron chi connectivity index (χ0n) is 14.8. The molecule has 142 valence electrons. The summed E-state index contributed by atoms with van der Waals surface area (Å²) in [5, 5.41) is 26.8. The van der Waals surface area contributed by atoms with E-state index in [0.717, 1.165) is 23.3 Å². The van der Waals surface area contributed by atoms with Gasteiger partial charge in [0.25, 0.3) is 17.3 Å². The van der Waals surface area contributed by atoms with Crippen LogP contribution in [0.15, 0.2) is 41.8 Å². The van der Waals surface area contributed by atoms with Crippen LogP contribution in [0.5, 0.6) is 0 Å². The fourth-order valence-corrected chi connectivity index (χ4v) is 3.28. The Morgan fingerprint density at radius 1 is 1.07 bits per heavy atom. The number of aromatic nitrogens is 1. The second kappa shape index (κ2) is 7.53. The van der Waals surface area contributed by atoms with E-state index >= 15 is 0 Å². The van der Waals surface area contributed by atoms with Crippen LogP contribution in [-0.4, -0.2) is 20.7 Å². The first kappa shape index (κ1) is 19.1. The van der Waals surface area contributed by atoms with Crippen LogP contribution in [0.25, 0.3) is 11.3 Å². The van der Waals surface area contributed by atoms with Crippen molar-refractivity contribution in [3.63, 3.8) is 0 Å². The van der Waals surface area contributed by atoms with Crippen molar-refractivity contribution in [2.24, 2.45) is 0 Å². The smallest absolute Gasteiger partial charge is 0.279 e. The van der Waals surface area contributed by atoms with Gasteiger partial charge in [-0.2, -0.15) is 0 Å². The fraction of sp³-hybridized carbons (Fsp3) is 0.111. The Morgan fingerprint density at radius 3 is 2.36 bits per heavy atom. The molecule has 0 saturated heterocycles. The zero-order chi connectivity index (χ0) is 20.4. The predicted octanol–water partition coefficient (Wildman–Crippen LogP) is 4.50. The second-order valence-electron chi connectivity index (χ2n) is 6.01. The van der Waals surface area contributed by atoms with Crippen molar-refractivity contribution in [3.05, 3.63) is 78.7 Å². The summed E-state index contributed by atoms with van der Waals surface area (Å²) < 4.78 is 0. The van der Waals surface area contributed by atoms with Gasteiger partial charge in [-0.1, -0.05) is 29.8 Å². The number of rotatable bonds is 5. The van der Waals surface area contributed by atoms with Crippen LogP contribution >= 0.6 is 11.3 Å². The molecule has 0 bridgehead atoms. The van der Waals surface area contributed by atoms with E-state index in [1.165, 1.54) is 18.3 Å².